The van der Waals surface area contributed by atoms with Crippen LogP contribution in [0.3, 0.4) is 0 Å². The molecule has 22 heavy (non-hydrogen) atoms. The fourth-order valence-corrected chi connectivity index (χ4v) is 4.90. The average Bonchev–Trinajstić information content (AvgIpc) is 3.13. The smallest absolute Gasteiger partial charge is 0.122 e. The first-order chi connectivity index (χ1) is 10.6. The molecular weight excluding hydrogens is 314 g/mol. The topological polar surface area (TPSA) is 39.2 Å². The molecule has 1 aliphatic rings. The van der Waals surface area contributed by atoms with Gasteiger partial charge in [0.15, 0.2) is 0 Å². The van der Waals surface area contributed by atoms with Crippen LogP contribution in [0, 0.1) is 13.8 Å². The van der Waals surface area contributed by atoms with Crippen LogP contribution in [0.25, 0.3) is 0 Å². The standard InChI is InChI=1S/C17H21NO2S2/c1-12-5-6-13(2)14(8-12)10-22(19)11-15-9-21-17(18-15)16-4-3-7-20-16/h5-6,8-9,16H,3-4,7,10-11H2,1-2H3/t16-,22+/m0/s1. The van der Waals surface area contributed by atoms with Crippen LogP contribution >= 0.6 is 11.3 Å². The molecule has 0 N–H and O–H groups in total. The highest BCUT2D eigenvalue weighted by atomic mass is 32.2. The van der Waals surface area contributed by atoms with Crippen LogP contribution in [0.2, 0.25) is 0 Å². The molecular formula is C17H21NO2S2. The van der Waals surface area contributed by atoms with Gasteiger partial charge in [-0.25, -0.2) is 4.98 Å². The Hall–Kier alpha value is -1.04. The highest BCUT2D eigenvalue weighted by molar-refractivity contribution is 7.83. The predicted octanol–water partition coefficient (Wildman–Crippen LogP) is 4.06. The van der Waals surface area contributed by atoms with Crippen molar-refractivity contribution >= 4 is 22.1 Å². The van der Waals surface area contributed by atoms with E-state index in [1.54, 1.807) is 11.3 Å². The molecule has 1 aromatic heterocycles. The first kappa shape index (κ1) is 15.8. The van der Waals surface area contributed by atoms with Crippen LogP contribution < -0.4 is 0 Å². The van der Waals surface area contributed by atoms with Crippen molar-refractivity contribution in [2.75, 3.05) is 6.61 Å². The van der Waals surface area contributed by atoms with Crippen molar-refractivity contribution in [1.82, 2.24) is 4.98 Å². The highest BCUT2D eigenvalue weighted by Gasteiger charge is 2.21. The fourth-order valence-electron chi connectivity index (χ4n) is 2.65. The van der Waals surface area contributed by atoms with Gasteiger partial charge in [-0.15, -0.1) is 11.3 Å². The van der Waals surface area contributed by atoms with E-state index < -0.39 is 10.8 Å². The van der Waals surface area contributed by atoms with Crippen LogP contribution in [0.4, 0.5) is 0 Å². The monoisotopic (exact) mass is 335 g/mol. The van der Waals surface area contributed by atoms with Gasteiger partial charge in [0.05, 0.1) is 11.4 Å². The second-order valence-electron chi connectivity index (χ2n) is 5.84. The summed E-state index contributed by atoms with van der Waals surface area (Å²) in [7, 11) is -0.925. The van der Waals surface area contributed by atoms with E-state index in [0.29, 0.717) is 11.5 Å². The largest absolute Gasteiger partial charge is 0.371 e. The molecule has 1 saturated heterocycles. The van der Waals surface area contributed by atoms with Gasteiger partial charge in [0.2, 0.25) is 0 Å². The summed E-state index contributed by atoms with van der Waals surface area (Å²) >= 11 is 1.63. The molecule has 118 valence electrons. The van der Waals surface area contributed by atoms with Crippen LogP contribution in [0.1, 0.15) is 46.3 Å². The molecule has 0 aliphatic carbocycles. The summed E-state index contributed by atoms with van der Waals surface area (Å²) in [6.45, 7) is 4.97. The lowest BCUT2D eigenvalue weighted by Crippen LogP contribution is -2.02. The van der Waals surface area contributed by atoms with Crippen LogP contribution in [-0.2, 0) is 27.0 Å². The Kier molecular flexibility index (Phi) is 5.06. The van der Waals surface area contributed by atoms with Gasteiger partial charge in [-0.3, -0.25) is 4.21 Å². The Labute approximate surface area is 138 Å². The summed E-state index contributed by atoms with van der Waals surface area (Å²) in [4.78, 5) is 4.61. The molecule has 0 saturated carbocycles. The zero-order valence-electron chi connectivity index (χ0n) is 13.0. The van der Waals surface area contributed by atoms with Crippen molar-refractivity contribution < 1.29 is 8.95 Å². The Morgan fingerprint density at radius 1 is 1.36 bits per heavy atom. The third kappa shape index (κ3) is 3.83. The van der Waals surface area contributed by atoms with Crippen molar-refractivity contribution in [2.45, 2.75) is 44.3 Å². The van der Waals surface area contributed by atoms with E-state index in [1.807, 2.05) is 5.38 Å². The molecule has 0 spiro atoms. The molecule has 0 bridgehead atoms. The number of hydrogen-bond donors (Lipinski definition) is 0. The maximum Gasteiger partial charge on any atom is 0.122 e. The molecule has 2 atom stereocenters. The zero-order valence-corrected chi connectivity index (χ0v) is 14.6. The minimum absolute atomic E-state index is 0.159. The van der Waals surface area contributed by atoms with E-state index in [9.17, 15) is 4.21 Å². The van der Waals surface area contributed by atoms with Gasteiger partial charge in [0, 0.05) is 28.5 Å². The Bertz CT molecular complexity index is 675. The second kappa shape index (κ2) is 7.02. The maximum atomic E-state index is 12.4. The molecule has 2 heterocycles. The molecule has 2 aromatic rings. The van der Waals surface area contributed by atoms with Gasteiger partial charge in [-0.05, 0) is 37.8 Å². The van der Waals surface area contributed by atoms with E-state index in [-0.39, 0.29) is 6.10 Å². The summed E-state index contributed by atoms with van der Waals surface area (Å²) in [5.74, 6) is 1.12. The summed E-state index contributed by atoms with van der Waals surface area (Å²) < 4.78 is 18.1. The lowest BCUT2D eigenvalue weighted by molar-refractivity contribution is 0.111. The van der Waals surface area contributed by atoms with Gasteiger partial charge in [-0.2, -0.15) is 0 Å². The molecule has 0 radical (unpaired) electrons. The fraction of sp³-hybridized carbons (Fsp3) is 0.471. The third-order valence-corrected chi connectivity index (χ3v) is 6.14. The number of rotatable bonds is 5. The summed E-state index contributed by atoms with van der Waals surface area (Å²) in [5, 5.41) is 3.06. The van der Waals surface area contributed by atoms with E-state index >= 15 is 0 Å². The van der Waals surface area contributed by atoms with E-state index in [2.05, 4.69) is 37.0 Å². The molecule has 0 amide bonds. The number of nitrogens with zero attached hydrogens (tertiary/aromatic N) is 1. The van der Waals surface area contributed by atoms with Crippen molar-refractivity contribution in [3.63, 3.8) is 0 Å². The minimum atomic E-state index is -0.925. The number of benzene rings is 1. The lowest BCUT2D eigenvalue weighted by Gasteiger charge is -2.07. The molecule has 3 nitrogen and oxygen atoms in total. The molecule has 5 heteroatoms. The molecule has 1 aromatic carbocycles. The normalized spacial score (nSPS) is 19.5. The van der Waals surface area contributed by atoms with Crippen molar-refractivity contribution in [3.8, 4) is 0 Å². The summed E-state index contributed by atoms with van der Waals surface area (Å²) in [6, 6.07) is 6.32. The van der Waals surface area contributed by atoms with Gasteiger partial charge >= 0.3 is 0 Å². The minimum Gasteiger partial charge on any atom is -0.371 e. The molecule has 1 fully saturated rings. The molecule has 3 rings (SSSR count). The van der Waals surface area contributed by atoms with Crippen molar-refractivity contribution in [3.05, 3.63) is 51.0 Å². The van der Waals surface area contributed by atoms with E-state index in [0.717, 1.165) is 30.2 Å². The Balaban J connectivity index is 1.63. The predicted molar refractivity (Wildman–Crippen MR) is 91.5 cm³/mol. The van der Waals surface area contributed by atoms with E-state index in [4.69, 9.17) is 4.74 Å². The van der Waals surface area contributed by atoms with Crippen LogP contribution in [0.5, 0.6) is 0 Å². The number of thiazole rings is 1. The number of aryl methyl sites for hydroxylation is 2. The summed E-state index contributed by atoms with van der Waals surface area (Å²) in [5.41, 5.74) is 4.52. The average molecular weight is 335 g/mol. The third-order valence-electron chi connectivity index (χ3n) is 3.90. The van der Waals surface area contributed by atoms with Gasteiger partial charge in [0.1, 0.15) is 11.1 Å². The Morgan fingerprint density at radius 3 is 3.00 bits per heavy atom. The SMILES string of the molecule is Cc1ccc(C)c(C[S@@](=O)Cc2csc([C@@H]3CCCO3)n2)c1. The van der Waals surface area contributed by atoms with Gasteiger partial charge in [-0.1, -0.05) is 23.8 Å². The first-order valence-electron chi connectivity index (χ1n) is 7.59. The van der Waals surface area contributed by atoms with Crippen molar-refractivity contribution in [1.29, 1.82) is 0 Å². The number of ether oxygens (including phenoxy) is 1. The molecule has 1 aliphatic heterocycles. The van der Waals surface area contributed by atoms with Gasteiger partial charge in [0.25, 0.3) is 0 Å². The Morgan fingerprint density at radius 2 is 2.23 bits per heavy atom. The quantitative estimate of drug-likeness (QED) is 0.827. The maximum absolute atomic E-state index is 12.4. The molecule has 0 unspecified atom stereocenters. The van der Waals surface area contributed by atoms with Crippen LogP contribution in [0.15, 0.2) is 23.6 Å². The van der Waals surface area contributed by atoms with Gasteiger partial charge < -0.3 is 4.74 Å². The summed E-state index contributed by atoms with van der Waals surface area (Å²) in [6.07, 6.45) is 2.32. The first-order valence-corrected chi connectivity index (χ1v) is 9.95. The number of aromatic nitrogens is 1. The van der Waals surface area contributed by atoms with Crippen molar-refractivity contribution in [2.24, 2.45) is 0 Å². The van der Waals surface area contributed by atoms with Crippen LogP contribution in [-0.4, -0.2) is 15.8 Å². The zero-order chi connectivity index (χ0) is 15.5. The second-order valence-corrected chi connectivity index (χ2v) is 8.18. The lowest BCUT2D eigenvalue weighted by atomic mass is 10.1. The van der Waals surface area contributed by atoms with E-state index in [1.165, 1.54) is 16.7 Å². The highest BCUT2D eigenvalue weighted by Crippen LogP contribution is 2.30. The number of hydrogen-bond acceptors (Lipinski definition) is 4.